The number of hydrogen-bond donors (Lipinski definition) is 3. The average molecular weight is 571 g/mol. The second-order valence-corrected chi connectivity index (χ2v) is 14.7. The van der Waals surface area contributed by atoms with Gasteiger partial charge in [-0.05, 0) is 82.4 Å². The molecule has 0 bridgehead atoms. The maximum absolute atomic E-state index is 14.3. The van der Waals surface area contributed by atoms with Crippen molar-refractivity contribution in [3.05, 3.63) is 35.6 Å². The van der Waals surface area contributed by atoms with Crippen molar-refractivity contribution in [3.8, 4) is 0 Å². The van der Waals surface area contributed by atoms with Crippen molar-refractivity contribution in [2.75, 3.05) is 0 Å². The molecule has 2 fully saturated rings. The fourth-order valence-corrected chi connectivity index (χ4v) is 8.97. The van der Waals surface area contributed by atoms with Gasteiger partial charge in [0.1, 0.15) is 17.0 Å². The third-order valence-electron chi connectivity index (χ3n) is 11.4. The third kappa shape index (κ3) is 4.31. The number of allylic oxidation sites excluding steroid dienone is 4. The van der Waals surface area contributed by atoms with E-state index in [0.29, 0.717) is 6.42 Å². The molecule has 41 heavy (non-hydrogen) atoms. The van der Waals surface area contributed by atoms with Crippen LogP contribution in [0.25, 0.3) is 0 Å². The molecule has 4 rings (SSSR count). The molecule has 0 radical (unpaired) electrons. The second-order valence-electron chi connectivity index (χ2n) is 14.7. The largest absolute Gasteiger partial charge is 0.505 e. The zero-order chi connectivity index (χ0) is 31.1. The number of fused-ring (bicyclic) bond motifs is 5. The van der Waals surface area contributed by atoms with E-state index in [4.69, 9.17) is 4.74 Å². The molecule has 3 N–H and O–H groups in total. The lowest BCUT2D eigenvalue weighted by atomic mass is 9.39. The number of esters is 1. The molecule has 0 aromatic rings. The van der Waals surface area contributed by atoms with Crippen LogP contribution in [0.1, 0.15) is 88.0 Å². The van der Waals surface area contributed by atoms with E-state index < -0.39 is 62.6 Å². The van der Waals surface area contributed by atoms with Gasteiger partial charge in [0.2, 0.25) is 5.78 Å². The molecule has 8 heteroatoms. The molecule has 4 aliphatic carbocycles. The highest BCUT2D eigenvalue weighted by Crippen LogP contribution is 2.73. The van der Waals surface area contributed by atoms with Gasteiger partial charge in [0.15, 0.2) is 11.5 Å². The van der Waals surface area contributed by atoms with Crippen molar-refractivity contribution in [2.45, 2.75) is 105 Å². The van der Waals surface area contributed by atoms with Crippen molar-refractivity contribution in [1.29, 1.82) is 0 Å². The topological polar surface area (TPSA) is 138 Å². The molecule has 0 heterocycles. The van der Waals surface area contributed by atoms with E-state index in [-0.39, 0.29) is 42.5 Å². The molecule has 0 unspecified atom stereocenters. The Morgan fingerprint density at radius 3 is 2.29 bits per heavy atom. The summed E-state index contributed by atoms with van der Waals surface area (Å²) in [6.07, 6.45) is 6.11. The molecule has 0 spiro atoms. The SMILES string of the molecule is CCC(=O)OC(C)(C)/C=C/C(=O)[C@](C)(O)[C@H]1[C@H](O)C[C@@]2(C)[C@@H]3CC=C4[C@@H](C=C(O)C(=O)C4(C)C)[C@]3(C)C(=O)C[C@]12C. The highest BCUT2D eigenvalue weighted by Gasteiger charge is 2.74. The van der Waals surface area contributed by atoms with Crippen molar-refractivity contribution < 1.29 is 39.2 Å². The lowest BCUT2D eigenvalue weighted by molar-refractivity contribution is -0.179. The monoisotopic (exact) mass is 570 g/mol. The molecule has 0 amide bonds. The number of carbonyl (C=O) groups excluding carboxylic acids is 4. The molecule has 8 nitrogen and oxygen atoms in total. The van der Waals surface area contributed by atoms with E-state index in [1.165, 1.54) is 25.2 Å². The van der Waals surface area contributed by atoms with Crippen molar-refractivity contribution >= 4 is 23.3 Å². The molecule has 2 saturated carbocycles. The van der Waals surface area contributed by atoms with Gasteiger partial charge in [-0.25, -0.2) is 0 Å². The molecule has 0 saturated heterocycles. The zero-order valence-electron chi connectivity index (χ0n) is 25.8. The molecule has 226 valence electrons. The predicted octanol–water partition coefficient (Wildman–Crippen LogP) is 4.58. The van der Waals surface area contributed by atoms with Crippen LogP contribution >= 0.6 is 0 Å². The zero-order valence-corrected chi connectivity index (χ0v) is 25.8. The highest BCUT2D eigenvalue weighted by atomic mass is 16.6. The van der Waals surface area contributed by atoms with E-state index in [1.54, 1.807) is 34.6 Å². The van der Waals surface area contributed by atoms with Gasteiger partial charge in [0, 0.05) is 30.1 Å². The smallest absolute Gasteiger partial charge is 0.306 e. The van der Waals surface area contributed by atoms with Crippen molar-refractivity contribution in [2.24, 2.45) is 39.4 Å². The van der Waals surface area contributed by atoms with Crippen LogP contribution in [0.3, 0.4) is 0 Å². The maximum Gasteiger partial charge on any atom is 0.306 e. The van der Waals surface area contributed by atoms with Crippen molar-refractivity contribution in [3.63, 3.8) is 0 Å². The van der Waals surface area contributed by atoms with Crippen LogP contribution in [0, 0.1) is 39.4 Å². The van der Waals surface area contributed by atoms with Crippen LogP contribution in [0.5, 0.6) is 0 Å². The molecular formula is C33H46O8. The summed E-state index contributed by atoms with van der Waals surface area (Å²) in [5.74, 6) is -3.51. The fourth-order valence-electron chi connectivity index (χ4n) is 8.97. The Balaban J connectivity index is 1.74. The van der Waals surface area contributed by atoms with Crippen LogP contribution in [-0.2, 0) is 23.9 Å². The van der Waals surface area contributed by atoms with Crippen LogP contribution in [0.4, 0.5) is 0 Å². The minimum atomic E-state index is -2.01. The first-order chi connectivity index (χ1) is 18.6. The predicted molar refractivity (Wildman–Crippen MR) is 152 cm³/mol. The summed E-state index contributed by atoms with van der Waals surface area (Å²) in [4.78, 5) is 52.4. The summed E-state index contributed by atoms with van der Waals surface area (Å²) in [6, 6.07) is 0. The lowest BCUT2D eigenvalue weighted by Crippen LogP contribution is -2.64. The van der Waals surface area contributed by atoms with Crippen LogP contribution in [0.2, 0.25) is 0 Å². The molecule has 0 aromatic carbocycles. The van der Waals surface area contributed by atoms with Gasteiger partial charge in [-0.1, -0.05) is 39.3 Å². The number of ketones is 3. The van der Waals surface area contributed by atoms with Gasteiger partial charge in [-0.3, -0.25) is 19.2 Å². The number of aliphatic hydroxyl groups is 3. The Hall–Kier alpha value is -2.58. The van der Waals surface area contributed by atoms with E-state index in [0.717, 1.165) is 5.57 Å². The first-order valence-electron chi connectivity index (χ1n) is 14.7. The van der Waals surface area contributed by atoms with E-state index in [2.05, 4.69) is 0 Å². The Morgan fingerprint density at radius 1 is 1.10 bits per heavy atom. The quantitative estimate of drug-likeness (QED) is 0.240. The molecule has 0 aromatic heterocycles. The highest BCUT2D eigenvalue weighted by molar-refractivity contribution is 6.02. The Bertz CT molecular complexity index is 1280. The summed E-state index contributed by atoms with van der Waals surface area (Å²) in [6.45, 7) is 15.7. The Labute approximate surface area is 242 Å². The van der Waals surface area contributed by atoms with Crippen LogP contribution in [0.15, 0.2) is 35.6 Å². The summed E-state index contributed by atoms with van der Waals surface area (Å²) in [5, 5.41) is 33.9. The van der Waals surface area contributed by atoms with Gasteiger partial charge >= 0.3 is 5.97 Å². The number of hydrogen-bond acceptors (Lipinski definition) is 8. The molecule has 8 atom stereocenters. The lowest BCUT2D eigenvalue weighted by Gasteiger charge is -2.63. The van der Waals surface area contributed by atoms with E-state index in [9.17, 15) is 34.5 Å². The van der Waals surface area contributed by atoms with Gasteiger partial charge in [-0.2, -0.15) is 0 Å². The number of ether oxygens (including phenoxy) is 1. The minimum Gasteiger partial charge on any atom is -0.505 e. The van der Waals surface area contributed by atoms with Gasteiger partial charge in [0.25, 0.3) is 0 Å². The fraction of sp³-hybridized carbons (Fsp3) is 0.697. The molecular weight excluding hydrogens is 524 g/mol. The summed E-state index contributed by atoms with van der Waals surface area (Å²) in [5.41, 5.74) is -5.72. The average Bonchev–Trinajstić information content (AvgIpc) is 3.06. The van der Waals surface area contributed by atoms with Crippen LogP contribution < -0.4 is 0 Å². The maximum atomic E-state index is 14.3. The molecule has 0 aliphatic heterocycles. The normalized spacial score (nSPS) is 39.7. The number of Topliss-reactive ketones (excluding diaryl/α,β-unsaturated/α-hetero) is 2. The first-order valence-corrected chi connectivity index (χ1v) is 14.7. The van der Waals surface area contributed by atoms with E-state index in [1.807, 2.05) is 26.8 Å². The first kappa shape index (κ1) is 31.4. The van der Waals surface area contributed by atoms with Gasteiger partial charge < -0.3 is 20.1 Å². The Morgan fingerprint density at radius 2 is 1.71 bits per heavy atom. The summed E-state index contributed by atoms with van der Waals surface area (Å²) >= 11 is 0. The standard InChI is InChI=1S/C33H46O8/c1-10-25(38)41-28(2,3)14-13-23(36)33(9,40)26-21(35)16-30(6)22-12-11-18-19(15-20(34)27(39)29(18,4)5)32(22,8)24(37)17-31(26,30)7/h11,13-15,19,21-22,26,34-35,40H,10,12,16-17H2,1-9H3/b14-13+/t19-,21-,22+,26+,30+,31-,32+,33+/m1/s1. The number of rotatable bonds is 6. The van der Waals surface area contributed by atoms with Gasteiger partial charge in [0.05, 0.1) is 11.5 Å². The minimum absolute atomic E-state index is 0.0255. The van der Waals surface area contributed by atoms with E-state index >= 15 is 0 Å². The van der Waals surface area contributed by atoms with Gasteiger partial charge in [-0.15, -0.1) is 0 Å². The Kier molecular flexibility index (Phi) is 7.24. The van der Waals surface area contributed by atoms with Crippen LogP contribution in [-0.4, -0.2) is 55.9 Å². The molecule has 4 aliphatic rings. The second kappa shape index (κ2) is 9.46. The summed E-state index contributed by atoms with van der Waals surface area (Å²) < 4.78 is 5.37. The summed E-state index contributed by atoms with van der Waals surface area (Å²) in [7, 11) is 0. The van der Waals surface area contributed by atoms with Crippen molar-refractivity contribution in [1.82, 2.24) is 0 Å². The number of aliphatic hydroxyl groups excluding tert-OH is 2. The third-order valence-corrected chi connectivity index (χ3v) is 11.4. The number of carbonyl (C=O) groups is 4.